The Labute approximate surface area is 163 Å². The molecular weight excluding hydrogens is 372 g/mol. The molecule has 0 bridgehead atoms. The highest BCUT2D eigenvalue weighted by atomic mass is 35.5. The second-order valence-electron chi connectivity index (χ2n) is 5.38. The van der Waals surface area contributed by atoms with Crippen molar-refractivity contribution >= 4 is 40.8 Å². The fraction of sp³-hybridized carbons (Fsp3) is 0.222. The third-order valence-electron chi connectivity index (χ3n) is 3.84. The van der Waals surface area contributed by atoms with Crippen LogP contribution in [0.1, 0.15) is 0 Å². The number of nitrogen functional groups attached to an aromatic ring is 1. The van der Waals surface area contributed by atoms with Crippen LogP contribution in [0.25, 0.3) is 10.9 Å². The molecule has 9 heteroatoms. The molecule has 0 aliphatic rings. The van der Waals surface area contributed by atoms with Crippen molar-refractivity contribution < 1.29 is 18.9 Å². The summed E-state index contributed by atoms with van der Waals surface area (Å²) in [6.45, 7) is 0. The van der Waals surface area contributed by atoms with Gasteiger partial charge in [0.1, 0.15) is 17.3 Å². The van der Waals surface area contributed by atoms with Crippen molar-refractivity contribution in [3.8, 4) is 23.0 Å². The molecule has 3 N–H and O–H groups in total. The van der Waals surface area contributed by atoms with Crippen LogP contribution in [0.2, 0.25) is 0 Å². The van der Waals surface area contributed by atoms with Crippen LogP contribution in [0.5, 0.6) is 23.0 Å². The second-order valence-corrected chi connectivity index (χ2v) is 5.38. The van der Waals surface area contributed by atoms with Gasteiger partial charge in [-0.2, -0.15) is 4.98 Å². The van der Waals surface area contributed by atoms with E-state index in [1.165, 1.54) is 0 Å². The lowest BCUT2D eigenvalue weighted by Gasteiger charge is -2.12. The zero-order chi connectivity index (χ0) is 18.7. The molecule has 1 heterocycles. The molecule has 1 aromatic heterocycles. The number of hydrogen-bond acceptors (Lipinski definition) is 8. The average Bonchev–Trinajstić information content (AvgIpc) is 2.66. The molecule has 0 spiro atoms. The van der Waals surface area contributed by atoms with Gasteiger partial charge in [-0.05, 0) is 6.07 Å². The first-order valence-electron chi connectivity index (χ1n) is 7.77. The Balaban J connectivity index is 0.00000261. The van der Waals surface area contributed by atoms with Crippen molar-refractivity contribution in [3.63, 3.8) is 0 Å². The predicted molar refractivity (Wildman–Crippen MR) is 107 cm³/mol. The first kappa shape index (κ1) is 20.2. The lowest BCUT2D eigenvalue weighted by molar-refractivity contribution is 0.356. The maximum Gasteiger partial charge on any atom is 0.229 e. The van der Waals surface area contributed by atoms with Crippen LogP contribution in [-0.2, 0) is 0 Å². The molecule has 3 rings (SSSR count). The minimum absolute atomic E-state index is 0. The van der Waals surface area contributed by atoms with Gasteiger partial charge in [0.25, 0.3) is 0 Å². The number of benzene rings is 2. The lowest BCUT2D eigenvalue weighted by atomic mass is 10.2. The standard InChI is InChI=1S/C18H20N4O4.ClH/c1-23-11-5-10(6-12(7-11)24-2)20-18-21-14-9-16(26-4)15(25-3)8-13(14)17(19)22-18;/h5-9H,1-4H3,(H3,19,20,21,22);1H. The number of anilines is 3. The summed E-state index contributed by atoms with van der Waals surface area (Å²) in [5.41, 5.74) is 7.44. The summed E-state index contributed by atoms with van der Waals surface area (Å²) in [7, 11) is 6.30. The highest BCUT2D eigenvalue weighted by Gasteiger charge is 2.12. The van der Waals surface area contributed by atoms with E-state index in [0.29, 0.717) is 51.4 Å². The predicted octanol–water partition coefficient (Wildman–Crippen LogP) is 3.41. The molecule has 2 aromatic carbocycles. The van der Waals surface area contributed by atoms with E-state index < -0.39 is 0 Å². The molecule has 0 radical (unpaired) electrons. The highest BCUT2D eigenvalue weighted by Crippen LogP contribution is 2.34. The molecule has 144 valence electrons. The summed E-state index contributed by atoms with van der Waals surface area (Å²) in [6.07, 6.45) is 0. The molecule has 0 atom stereocenters. The van der Waals surface area contributed by atoms with Crippen molar-refractivity contribution in [2.24, 2.45) is 0 Å². The summed E-state index contributed by atoms with van der Waals surface area (Å²) in [5, 5.41) is 3.80. The number of ether oxygens (including phenoxy) is 4. The number of nitrogens with zero attached hydrogens (tertiary/aromatic N) is 2. The summed E-state index contributed by atoms with van der Waals surface area (Å²) < 4.78 is 21.2. The van der Waals surface area contributed by atoms with Gasteiger partial charge in [0.05, 0.1) is 34.0 Å². The van der Waals surface area contributed by atoms with Gasteiger partial charge < -0.3 is 30.0 Å². The van der Waals surface area contributed by atoms with Gasteiger partial charge in [0, 0.05) is 35.3 Å². The zero-order valence-corrected chi connectivity index (χ0v) is 16.2. The highest BCUT2D eigenvalue weighted by molar-refractivity contribution is 5.92. The molecule has 0 fully saturated rings. The summed E-state index contributed by atoms with van der Waals surface area (Å²) in [6, 6.07) is 8.89. The van der Waals surface area contributed by atoms with Gasteiger partial charge >= 0.3 is 0 Å². The van der Waals surface area contributed by atoms with Crippen LogP contribution < -0.4 is 30.0 Å². The van der Waals surface area contributed by atoms with Gasteiger partial charge in [-0.1, -0.05) is 0 Å². The first-order valence-corrected chi connectivity index (χ1v) is 7.77. The number of nitrogens with two attached hydrogens (primary N) is 1. The quantitative estimate of drug-likeness (QED) is 0.658. The smallest absolute Gasteiger partial charge is 0.229 e. The molecule has 3 aromatic rings. The minimum atomic E-state index is 0. The van der Waals surface area contributed by atoms with E-state index in [1.54, 1.807) is 58.8 Å². The lowest BCUT2D eigenvalue weighted by Crippen LogP contribution is -2.03. The fourth-order valence-corrected chi connectivity index (χ4v) is 2.54. The number of methoxy groups -OCH3 is 4. The molecule has 0 aliphatic carbocycles. The van der Waals surface area contributed by atoms with E-state index >= 15 is 0 Å². The number of hydrogen-bond donors (Lipinski definition) is 2. The Morgan fingerprint density at radius 2 is 1.37 bits per heavy atom. The molecular formula is C18H21ClN4O4. The number of aromatic nitrogens is 2. The summed E-state index contributed by atoms with van der Waals surface area (Å²) >= 11 is 0. The summed E-state index contributed by atoms with van der Waals surface area (Å²) in [4.78, 5) is 8.82. The SMILES string of the molecule is COc1cc(Nc2nc(N)c3cc(OC)c(OC)cc3n2)cc(OC)c1.Cl. The average molecular weight is 393 g/mol. The normalized spacial score (nSPS) is 10.1. The van der Waals surface area contributed by atoms with Crippen LogP contribution in [0.15, 0.2) is 30.3 Å². The topological polar surface area (TPSA) is 101 Å². The van der Waals surface area contributed by atoms with Crippen molar-refractivity contribution in [2.45, 2.75) is 0 Å². The van der Waals surface area contributed by atoms with Crippen LogP contribution in [0, 0.1) is 0 Å². The molecule has 0 saturated heterocycles. The number of rotatable bonds is 6. The van der Waals surface area contributed by atoms with E-state index in [4.69, 9.17) is 24.7 Å². The molecule has 0 unspecified atom stereocenters. The van der Waals surface area contributed by atoms with E-state index in [9.17, 15) is 0 Å². The Morgan fingerprint density at radius 1 is 0.778 bits per heavy atom. The first-order chi connectivity index (χ1) is 12.6. The van der Waals surface area contributed by atoms with Gasteiger partial charge in [-0.25, -0.2) is 4.98 Å². The van der Waals surface area contributed by atoms with E-state index in [-0.39, 0.29) is 12.4 Å². The van der Waals surface area contributed by atoms with Gasteiger partial charge in [0.2, 0.25) is 5.95 Å². The fourth-order valence-electron chi connectivity index (χ4n) is 2.54. The third kappa shape index (κ3) is 4.17. The molecule has 0 saturated carbocycles. The number of nitrogens with one attached hydrogen (secondary N) is 1. The van der Waals surface area contributed by atoms with Crippen LogP contribution in [0.3, 0.4) is 0 Å². The number of halogens is 1. The van der Waals surface area contributed by atoms with Crippen molar-refractivity contribution in [2.75, 3.05) is 39.5 Å². The van der Waals surface area contributed by atoms with Crippen LogP contribution in [-0.4, -0.2) is 38.4 Å². The van der Waals surface area contributed by atoms with E-state index in [2.05, 4.69) is 15.3 Å². The Hall–Kier alpha value is -3.13. The van der Waals surface area contributed by atoms with Crippen molar-refractivity contribution in [1.29, 1.82) is 0 Å². The maximum atomic E-state index is 6.10. The molecule has 0 aliphatic heterocycles. The number of fused-ring (bicyclic) bond motifs is 1. The Kier molecular flexibility index (Phi) is 6.36. The van der Waals surface area contributed by atoms with Crippen molar-refractivity contribution in [1.82, 2.24) is 9.97 Å². The molecule has 0 amide bonds. The Bertz CT molecular complexity index is 930. The maximum absolute atomic E-state index is 6.10. The van der Waals surface area contributed by atoms with Crippen LogP contribution in [0.4, 0.5) is 17.5 Å². The van der Waals surface area contributed by atoms with Gasteiger partial charge in [-0.15, -0.1) is 12.4 Å². The van der Waals surface area contributed by atoms with Crippen LogP contribution >= 0.6 is 12.4 Å². The minimum Gasteiger partial charge on any atom is -0.497 e. The Morgan fingerprint density at radius 3 is 1.93 bits per heavy atom. The zero-order valence-electron chi connectivity index (χ0n) is 15.4. The largest absolute Gasteiger partial charge is 0.497 e. The summed E-state index contributed by atoms with van der Waals surface area (Å²) in [5.74, 6) is 3.09. The molecule has 27 heavy (non-hydrogen) atoms. The van der Waals surface area contributed by atoms with Gasteiger partial charge in [0.15, 0.2) is 11.5 Å². The second kappa shape index (κ2) is 8.50. The molecule has 8 nitrogen and oxygen atoms in total. The van der Waals surface area contributed by atoms with Gasteiger partial charge in [-0.3, -0.25) is 0 Å². The third-order valence-corrected chi connectivity index (χ3v) is 3.84. The van der Waals surface area contributed by atoms with Crippen molar-refractivity contribution in [3.05, 3.63) is 30.3 Å². The van der Waals surface area contributed by atoms with E-state index in [1.807, 2.05) is 0 Å². The van der Waals surface area contributed by atoms with E-state index in [0.717, 1.165) is 0 Å². The monoisotopic (exact) mass is 392 g/mol.